The van der Waals surface area contributed by atoms with Gasteiger partial charge in [0, 0.05) is 38.7 Å². The van der Waals surface area contributed by atoms with Gasteiger partial charge in [-0.25, -0.2) is 13.1 Å². The summed E-state index contributed by atoms with van der Waals surface area (Å²) < 4.78 is 27.0. The van der Waals surface area contributed by atoms with Crippen LogP contribution in [0.3, 0.4) is 0 Å². The zero-order chi connectivity index (χ0) is 22.4. The predicted molar refractivity (Wildman–Crippen MR) is 127 cm³/mol. The Labute approximate surface area is 202 Å². The van der Waals surface area contributed by atoms with Gasteiger partial charge < -0.3 is 0 Å². The standard InChI is InChI=1S/C18H15Cl3N4O3S3/c19-12-6-4-11(5-7-12)16(26)23-17-24-25-18(30-17)31(27,28)22-8-9-29-10-13-14(20)2-1-3-15(13)21/h1-7,22H,8-10H2,(H,23,24,26). The van der Waals surface area contributed by atoms with Crippen molar-refractivity contribution in [2.24, 2.45) is 0 Å². The summed E-state index contributed by atoms with van der Waals surface area (Å²) in [7, 11) is -3.85. The number of hydrogen-bond acceptors (Lipinski definition) is 7. The lowest BCUT2D eigenvalue weighted by molar-refractivity contribution is 0.102. The van der Waals surface area contributed by atoms with E-state index in [1.165, 1.54) is 11.8 Å². The van der Waals surface area contributed by atoms with Gasteiger partial charge >= 0.3 is 0 Å². The summed E-state index contributed by atoms with van der Waals surface area (Å²) in [6, 6.07) is 11.5. The lowest BCUT2D eigenvalue weighted by atomic mass is 10.2. The highest BCUT2D eigenvalue weighted by Crippen LogP contribution is 2.28. The SMILES string of the molecule is O=C(Nc1nnc(S(=O)(=O)NCCSCc2c(Cl)cccc2Cl)s1)c1ccc(Cl)cc1. The monoisotopic (exact) mass is 536 g/mol. The Morgan fingerprint density at radius 1 is 1.03 bits per heavy atom. The summed E-state index contributed by atoms with van der Waals surface area (Å²) in [6.07, 6.45) is 0. The van der Waals surface area contributed by atoms with Crippen molar-refractivity contribution in [3.05, 3.63) is 68.7 Å². The molecule has 0 aliphatic carbocycles. The van der Waals surface area contributed by atoms with Crippen LogP contribution in [0.15, 0.2) is 46.8 Å². The van der Waals surface area contributed by atoms with Crippen molar-refractivity contribution in [2.75, 3.05) is 17.6 Å². The van der Waals surface area contributed by atoms with Gasteiger partial charge in [0.05, 0.1) is 0 Å². The molecule has 0 aliphatic heterocycles. The largest absolute Gasteiger partial charge is 0.296 e. The van der Waals surface area contributed by atoms with Crippen LogP contribution in [-0.4, -0.2) is 36.8 Å². The molecule has 164 valence electrons. The first-order valence-corrected chi connectivity index (χ1v) is 13.3. The lowest BCUT2D eigenvalue weighted by Crippen LogP contribution is -2.26. The minimum atomic E-state index is -3.85. The number of amides is 1. The van der Waals surface area contributed by atoms with Crippen LogP contribution in [0.25, 0.3) is 0 Å². The number of nitrogens with zero attached hydrogens (tertiary/aromatic N) is 2. The normalized spacial score (nSPS) is 11.5. The number of anilines is 1. The minimum absolute atomic E-state index is 0.0723. The van der Waals surface area contributed by atoms with E-state index in [4.69, 9.17) is 34.8 Å². The molecule has 1 aromatic heterocycles. The molecule has 0 atom stereocenters. The van der Waals surface area contributed by atoms with E-state index in [2.05, 4.69) is 20.2 Å². The van der Waals surface area contributed by atoms with Crippen LogP contribution in [0.4, 0.5) is 5.13 Å². The molecule has 0 unspecified atom stereocenters. The average Bonchev–Trinajstić information content (AvgIpc) is 3.19. The molecule has 0 saturated carbocycles. The average molecular weight is 538 g/mol. The number of nitrogens with one attached hydrogen (secondary N) is 2. The second kappa shape index (κ2) is 11.0. The Kier molecular flexibility index (Phi) is 8.57. The Morgan fingerprint density at radius 3 is 2.39 bits per heavy atom. The van der Waals surface area contributed by atoms with Gasteiger partial charge in [-0.1, -0.05) is 52.2 Å². The number of carbonyl (C=O) groups is 1. The summed E-state index contributed by atoms with van der Waals surface area (Å²) in [6.45, 7) is 0.182. The highest BCUT2D eigenvalue weighted by Gasteiger charge is 2.20. The van der Waals surface area contributed by atoms with Crippen LogP contribution < -0.4 is 10.0 Å². The number of carbonyl (C=O) groups excluding carboxylic acids is 1. The highest BCUT2D eigenvalue weighted by atomic mass is 35.5. The van der Waals surface area contributed by atoms with Crippen molar-refractivity contribution in [3.63, 3.8) is 0 Å². The van der Waals surface area contributed by atoms with Gasteiger partial charge in [-0.15, -0.1) is 10.2 Å². The highest BCUT2D eigenvalue weighted by molar-refractivity contribution is 7.98. The molecule has 0 aliphatic rings. The molecule has 2 N–H and O–H groups in total. The molecule has 7 nitrogen and oxygen atoms in total. The molecule has 2 aromatic carbocycles. The van der Waals surface area contributed by atoms with Crippen LogP contribution in [0.2, 0.25) is 15.1 Å². The van der Waals surface area contributed by atoms with Gasteiger partial charge in [-0.3, -0.25) is 10.1 Å². The van der Waals surface area contributed by atoms with E-state index < -0.39 is 15.9 Å². The molecule has 3 rings (SSSR count). The van der Waals surface area contributed by atoms with Crippen molar-refractivity contribution in [3.8, 4) is 0 Å². The topological polar surface area (TPSA) is 101 Å². The van der Waals surface area contributed by atoms with Crippen molar-refractivity contribution >= 4 is 79.0 Å². The van der Waals surface area contributed by atoms with Crippen LogP contribution in [-0.2, 0) is 15.8 Å². The van der Waals surface area contributed by atoms with Crippen molar-refractivity contribution in [2.45, 2.75) is 10.1 Å². The summed E-state index contributed by atoms with van der Waals surface area (Å²) in [5.74, 6) is 0.610. The van der Waals surface area contributed by atoms with E-state index in [0.717, 1.165) is 16.9 Å². The van der Waals surface area contributed by atoms with Gasteiger partial charge in [0.25, 0.3) is 15.9 Å². The van der Waals surface area contributed by atoms with Gasteiger partial charge in [-0.05, 0) is 42.0 Å². The van der Waals surface area contributed by atoms with Crippen LogP contribution in [0.5, 0.6) is 0 Å². The second-order valence-electron chi connectivity index (χ2n) is 5.98. The minimum Gasteiger partial charge on any atom is -0.296 e. The predicted octanol–water partition coefficient (Wildman–Crippen LogP) is 4.96. The smallest absolute Gasteiger partial charge is 0.269 e. The number of rotatable bonds is 9. The summed E-state index contributed by atoms with van der Waals surface area (Å²) >= 11 is 20.3. The Hall–Kier alpha value is -1.40. The number of halogens is 3. The van der Waals surface area contributed by atoms with E-state index in [-0.39, 0.29) is 16.0 Å². The summed E-state index contributed by atoms with van der Waals surface area (Å²) in [4.78, 5) is 12.2. The van der Waals surface area contributed by atoms with E-state index in [1.807, 2.05) is 0 Å². The third-order valence-electron chi connectivity index (χ3n) is 3.81. The summed E-state index contributed by atoms with van der Waals surface area (Å²) in [5, 5.41) is 11.6. The number of thioether (sulfide) groups is 1. The first kappa shape index (κ1) is 24.2. The van der Waals surface area contributed by atoms with Crippen LogP contribution in [0, 0.1) is 0 Å². The third-order valence-corrected chi connectivity index (χ3v) is 8.42. The molecule has 0 radical (unpaired) electrons. The van der Waals surface area contributed by atoms with E-state index in [9.17, 15) is 13.2 Å². The number of aromatic nitrogens is 2. The third kappa shape index (κ3) is 6.79. The van der Waals surface area contributed by atoms with Gasteiger partial charge in [0.1, 0.15) is 0 Å². The van der Waals surface area contributed by atoms with E-state index >= 15 is 0 Å². The van der Waals surface area contributed by atoms with Crippen LogP contribution >= 0.6 is 57.9 Å². The fourth-order valence-corrected chi connectivity index (χ4v) is 6.11. The quantitative estimate of drug-likeness (QED) is 0.295. The number of benzene rings is 2. The number of sulfonamides is 1. The van der Waals surface area contributed by atoms with Crippen molar-refractivity contribution in [1.29, 1.82) is 0 Å². The Balaban J connectivity index is 1.50. The number of hydrogen-bond donors (Lipinski definition) is 2. The summed E-state index contributed by atoms with van der Waals surface area (Å²) in [5.41, 5.74) is 1.17. The molecule has 0 fully saturated rings. The molecule has 13 heteroatoms. The zero-order valence-corrected chi connectivity index (χ0v) is 20.4. The first-order chi connectivity index (χ1) is 14.8. The molecular weight excluding hydrogens is 523 g/mol. The lowest BCUT2D eigenvalue weighted by Gasteiger charge is -2.07. The molecule has 0 saturated heterocycles. The maximum atomic E-state index is 12.4. The van der Waals surface area contributed by atoms with Gasteiger partial charge in [0.15, 0.2) is 0 Å². The maximum Gasteiger partial charge on any atom is 0.269 e. The van der Waals surface area contributed by atoms with Crippen LogP contribution in [0.1, 0.15) is 15.9 Å². The zero-order valence-electron chi connectivity index (χ0n) is 15.6. The molecule has 3 aromatic rings. The Morgan fingerprint density at radius 2 is 1.71 bits per heavy atom. The van der Waals surface area contributed by atoms with Crippen molar-refractivity contribution < 1.29 is 13.2 Å². The fraction of sp³-hybridized carbons (Fsp3) is 0.167. The van der Waals surface area contributed by atoms with Gasteiger partial charge in [0.2, 0.25) is 9.47 Å². The van der Waals surface area contributed by atoms with Gasteiger partial charge in [-0.2, -0.15) is 11.8 Å². The molecule has 0 bridgehead atoms. The van der Waals surface area contributed by atoms with E-state index in [0.29, 0.717) is 32.1 Å². The molecule has 1 amide bonds. The second-order valence-corrected chi connectivity index (χ2v) is 11.3. The molecular formula is C18H15Cl3N4O3S3. The maximum absolute atomic E-state index is 12.4. The Bertz CT molecular complexity index is 1150. The molecule has 0 spiro atoms. The first-order valence-electron chi connectivity index (χ1n) is 8.67. The molecule has 31 heavy (non-hydrogen) atoms. The molecule has 1 heterocycles. The van der Waals surface area contributed by atoms with E-state index in [1.54, 1.807) is 42.5 Å². The fourth-order valence-electron chi connectivity index (χ4n) is 2.29. The van der Waals surface area contributed by atoms with Crippen molar-refractivity contribution in [1.82, 2.24) is 14.9 Å².